The molecule has 9 heteroatoms. The Morgan fingerprint density at radius 1 is 1.17 bits per heavy atom. The van der Waals surface area contributed by atoms with Crippen LogP contribution in [0.2, 0.25) is 5.02 Å². The van der Waals surface area contributed by atoms with Gasteiger partial charge in [0.15, 0.2) is 5.13 Å². The number of hydrogen-bond acceptors (Lipinski definition) is 6. The molecule has 4 aromatic rings. The molecule has 1 saturated heterocycles. The van der Waals surface area contributed by atoms with Crippen LogP contribution in [0.5, 0.6) is 5.75 Å². The van der Waals surface area contributed by atoms with Gasteiger partial charge < -0.3 is 9.84 Å². The normalized spacial score (nSPS) is 20.7. The Bertz CT molecular complexity index is 1610. The molecule has 1 aromatic heterocycles. The summed E-state index contributed by atoms with van der Waals surface area (Å²) in [4.78, 5) is 32.4. The third-order valence-corrected chi connectivity index (χ3v) is 7.61. The number of aliphatic hydroxyl groups excluding tert-OH is 1. The zero-order valence-electron chi connectivity index (χ0n) is 18.9. The molecule has 3 heterocycles. The van der Waals surface area contributed by atoms with Crippen molar-refractivity contribution in [3.63, 3.8) is 0 Å². The van der Waals surface area contributed by atoms with Crippen LogP contribution in [-0.4, -0.2) is 27.9 Å². The second-order valence-electron chi connectivity index (χ2n) is 8.75. The maximum atomic E-state index is 15.1. The van der Waals surface area contributed by atoms with Gasteiger partial charge in [0.1, 0.15) is 29.5 Å². The molecule has 0 spiro atoms. The van der Waals surface area contributed by atoms with E-state index in [-0.39, 0.29) is 28.1 Å². The number of ketones is 1. The summed E-state index contributed by atoms with van der Waals surface area (Å²) < 4.78 is 21.5. The standard InChI is InChI=1S/C27H18ClFN2O4S/c1-13-10-15-11-14(6-9-20(15)35-13)24(32)22-23(17-4-2-3-5-18(17)29)31(26(34)25(22)33)27-30-19-8-7-16(28)12-21(19)36-27/h2-9,11-13,23,32H,10H2,1H3/b24-22+/t13-,23-/m0/s1. The van der Waals surface area contributed by atoms with Crippen LogP contribution < -0.4 is 9.64 Å². The first kappa shape index (κ1) is 22.7. The monoisotopic (exact) mass is 520 g/mol. The number of aliphatic hydroxyl groups is 1. The van der Waals surface area contributed by atoms with Crippen molar-refractivity contribution in [1.29, 1.82) is 0 Å². The summed E-state index contributed by atoms with van der Waals surface area (Å²) in [5, 5.41) is 12.1. The summed E-state index contributed by atoms with van der Waals surface area (Å²) in [5.41, 5.74) is 1.69. The number of hydrogen-bond donors (Lipinski definition) is 1. The van der Waals surface area contributed by atoms with Crippen molar-refractivity contribution < 1.29 is 23.8 Å². The molecule has 0 radical (unpaired) electrons. The zero-order valence-corrected chi connectivity index (χ0v) is 20.4. The van der Waals surface area contributed by atoms with Crippen LogP contribution in [0.15, 0.2) is 66.2 Å². The molecule has 2 aliphatic rings. The van der Waals surface area contributed by atoms with E-state index >= 15 is 4.39 Å². The van der Waals surface area contributed by atoms with Crippen molar-refractivity contribution >= 4 is 55.7 Å². The highest BCUT2D eigenvalue weighted by Crippen LogP contribution is 2.45. The first-order chi connectivity index (χ1) is 17.3. The number of rotatable bonds is 3. The molecule has 0 bridgehead atoms. The van der Waals surface area contributed by atoms with E-state index in [1.165, 1.54) is 18.2 Å². The van der Waals surface area contributed by atoms with Gasteiger partial charge in [0.25, 0.3) is 5.78 Å². The fraction of sp³-hybridized carbons (Fsp3) is 0.148. The van der Waals surface area contributed by atoms with Crippen LogP contribution in [0.4, 0.5) is 9.52 Å². The number of carbonyl (C=O) groups is 2. The summed E-state index contributed by atoms with van der Waals surface area (Å²) in [6, 6.07) is 14.9. The van der Waals surface area contributed by atoms with Crippen molar-refractivity contribution in [1.82, 2.24) is 4.98 Å². The Labute approximate surface area is 214 Å². The number of aromatic nitrogens is 1. The van der Waals surface area contributed by atoms with Gasteiger partial charge in [0, 0.05) is 22.6 Å². The average Bonchev–Trinajstić information content (AvgIpc) is 3.51. The molecule has 180 valence electrons. The summed E-state index contributed by atoms with van der Waals surface area (Å²) in [6.07, 6.45) is 0.643. The highest BCUT2D eigenvalue weighted by atomic mass is 35.5. The minimum absolute atomic E-state index is 0.00562. The lowest BCUT2D eigenvalue weighted by Gasteiger charge is -2.23. The first-order valence-corrected chi connectivity index (χ1v) is 12.4. The van der Waals surface area contributed by atoms with Crippen molar-refractivity contribution in [2.24, 2.45) is 0 Å². The van der Waals surface area contributed by atoms with Gasteiger partial charge in [0.2, 0.25) is 0 Å². The van der Waals surface area contributed by atoms with Gasteiger partial charge in [-0.15, -0.1) is 0 Å². The van der Waals surface area contributed by atoms with E-state index in [2.05, 4.69) is 4.98 Å². The minimum atomic E-state index is -1.20. The van der Waals surface area contributed by atoms with E-state index < -0.39 is 23.5 Å². The molecule has 2 atom stereocenters. The van der Waals surface area contributed by atoms with Gasteiger partial charge >= 0.3 is 5.91 Å². The Morgan fingerprint density at radius 3 is 2.78 bits per heavy atom. The van der Waals surface area contributed by atoms with E-state index in [1.54, 1.807) is 42.5 Å². The van der Waals surface area contributed by atoms with Gasteiger partial charge in [-0.25, -0.2) is 9.37 Å². The van der Waals surface area contributed by atoms with Gasteiger partial charge in [-0.05, 0) is 55.0 Å². The quantitative estimate of drug-likeness (QED) is 0.202. The average molecular weight is 521 g/mol. The smallest absolute Gasteiger partial charge is 0.301 e. The third kappa shape index (κ3) is 3.56. The second kappa shape index (κ2) is 8.43. The third-order valence-electron chi connectivity index (χ3n) is 6.36. The summed E-state index contributed by atoms with van der Waals surface area (Å²) in [6.45, 7) is 1.94. The zero-order chi connectivity index (χ0) is 25.1. The van der Waals surface area contributed by atoms with E-state index in [0.717, 1.165) is 21.8 Å². The predicted octanol–water partition coefficient (Wildman–Crippen LogP) is 6.04. The van der Waals surface area contributed by atoms with E-state index in [9.17, 15) is 14.7 Å². The van der Waals surface area contributed by atoms with Crippen LogP contribution in [0, 0.1) is 5.82 Å². The molecule has 1 amide bonds. The number of amides is 1. The Morgan fingerprint density at radius 2 is 1.97 bits per heavy atom. The number of thiazole rings is 1. The highest BCUT2D eigenvalue weighted by Gasteiger charge is 2.49. The molecule has 0 unspecified atom stereocenters. The number of anilines is 1. The van der Waals surface area contributed by atoms with Gasteiger partial charge in [-0.1, -0.05) is 41.1 Å². The van der Waals surface area contributed by atoms with Crippen molar-refractivity contribution in [3.8, 4) is 5.75 Å². The van der Waals surface area contributed by atoms with Crippen LogP contribution in [-0.2, 0) is 16.0 Å². The fourth-order valence-electron chi connectivity index (χ4n) is 4.74. The van der Waals surface area contributed by atoms with E-state index in [4.69, 9.17) is 16.3 Å². The Hall–Kier alpha value is -3.75. The molecule has 36 heavy (non-hydrogen) atoms. The predicted molar refractivity (Wildman–Crippen MR) is 136 cm³/mol. The first-order valence-electron chi connectivity index (χ1n) is 11.2. The molecule has 6 nitrogen and oxygen atoms in total. The number of nitrogens with zero attached hydrogens (tertiary/aromatic N) is 2. The lowest BCUT2D eigenvalue weighted by atomic mass is 9.94. The van der Waals surface area contributed by atoms with Gasteiger partial charge in [-0.2, -0.15) is 0 Å². The van der Waals surface area contributed by atoms with Gasteiger partial charge in [0.05, 0.1) is 15.8 Å². The lowest BCUT2D eigenvalue weighted by Crippen LogP contribution is -2.29. The maximum Gasteiger partial charge on any atom is 0.301 e. The van der Waals surface area contributed by atoms with E-state index in [0.29, 0.717) is 33.0 Å². The molecule has 6 rings (SSSR count). The second-order valence-corrected chi connectivity index (χ2v) is 10.2. The fourth-order valence-corrected chi connectivity index (χ4v) is 6.00. The van der Waals surface area contributed by atoms with Crippen molar-refractivity contribution in [2.45, 2.75) is 25.5 Å². The number of benzene rings is 3. The van der Waals surface area contributed by atoms with Crippen LogP contribution >= 0.6 is 22.9 Å². The Balaban J connectivity index is 1.55. The maximum absolute atomic E-state index is 15.1. The lowest BCUT2D eigenvalue weighted by molar-refractivity contribution is -0.132. The van der Waals surface area contributed by atoms with Crippen LogP contribution in [0.25, 0.3) is 16.0 Å². The van der Waals surface area contributed by atoms with Crippen LogP contribution in [0.3, 0.4) is 0 Å². The molecule has 1 fully saturated rings. The molecule has 0 saturated carbocycles. The van der Waals surface area contributed by atoms with Gasteiger partial charge in [-0.3, -0.25) is 14.5 Å². The number of ether oxygens (including phenoxy) is 1. The topological polar surface area (TPSA) is 79.7 Å². The van der Waals surface area contributed by atoms with Crippen molar-refractivity contribution in [2.75, 3.05) is 4.90 Å². The number of halogens is 2. The van der Waals surface area contributed by atoms with Crippen molar-refractivity contribution in [3.05, 3.63) is 93.8 Å². The minimum Gasteiger partial charge on any atom is -0.507 e. The number of Topliss-reactive ketones (excluding diaryl/α,β-unsaturated/α-hetero) is 1. The molecular formula is C27H18ClFN2O4S. The van der Waals surface area contributed by atoms with Crippen LogP contribution in [0.1, 0.15) is 29.7 Å². The summed E-state index contributed by atoms with van der Waals surface area (Å²) in [7, 11) is 0. The molecule has 1 N–H and O–H groups in total. The Kier molecular flexibility index (Phi) is 5.31. The molecule has 0 aliphatic carbocycles. The number of fused-ring (bicyclic) bond motifs is 2. The van der Waals surface area contributed by atoms with E-state index in [1.807, 2.05) is 6.92 Å². The molecular weight excluding hydrogens is 503 g/mol. The largest absolute Gasteiger partial charge is 0.507 e. The number of carbonyl (C=O) groups excluding carboxylic acids is 2. The molecule has 2 aliphatic heterocycles. The highest BCUT2D eigenvalue weighted by molar-refractivity contribution is 7.22. The summed E-state index contributed by atoms with van der Waals surface area (Å²) >= 11 is 7.27. The molecule has 3 aromatic carbocycles. The summed E-state index contributed by atoms with van der Waals surface area (Å²) in [5.74, 6) is -2.09. The SMILES string of the molecule is C[C@H]1Cc2cc(/C(O)=C3\C(=O)C(=O)N(c4nc5ccc(Cl)cc5s4)[C@H]3c3ccccc3F)ccc2O1.